The molecule has 1 rings (SSSR count). The zero-order valence-corrected chi connectivity index (χ0v) is 11.9. The number of nitrogens with two attached hydrogens (primary N) is 1. The summed E-state index contributed by atoms with van der Waals surface area (Å²) in [4.78, 5) is 13.6. The molecule has 1 atom stereocenters. The molecule has 6 heteroatoms. The SMILES string of the molecule is CC(CN)N(C)C(=O)c1cc(Cl)ccc1Cl.Cl. The molecular weight excluding hydrogens is 282 g/mol. The molecule has 96 valence electrons. The molecule has 1 amide bonds. The molecule has 0 saturated carbocycles. The van der Waals surface area contributed by atoms with Gasteiger partial charge in [0.2, 0.25) is 0 Å². The zero-order valence-electron chi connectivity index (χ0n) is 9.61. The Kier molecular flexibility index (Phi) is 6.87. The Labute approximate surface area is 117 Å². The third kappa shape index (κ3) is 4.03. The number of carbonyl (C=O) groups excluding carboxylic acids is 1. The van der Waals surface area contributed by atoms with Crippen molar-refractivity contribution in [1.82, 2.24) is 4.90 Å². The van der Waals surface area contributed by atoms with E-state index in [1.54, 1.807) is 30.1 Å². The standard InChI is InChI=1S/C11H14Cl2N2O.ClH/c1-7(6-14)15(2)11(16)9-5-8(12)3-4-10(9)13;/h3-5,7H,6,14H2,1-2H3;1H. The van der Waals surface area contributed by atoms with Crippen LogP contribution >= 0.6 is 35.6 Å². The molecular formula is C11H15Cl3N2O. The van der Waals surface area contributed by atoms with Crippen LogP contribution in [0.2, 0.25) is 10.0 Å². The molecule has 0 aromatic heterocycles. The smallest absolute Gasteiger partial charge is 0.255 e. The van der Waals surface area contributed by atoms with Crippen molar-refractivity contribution < 1.29 is 4.79 Å². The Bertz CT molecular complexity index is 398. The molecule has 0 radical (unpaired) electrons. The van der Waals surface area contributed by atoms with Crippen LogP contribution < -0.4 is 5.73 Å². The summed E-state index contributed by atoms with van der Waals surface area (Å²) < 4.78 is 0. The van der Waals surface area contributed by atoms with E-state index in [1.807, 2.05) is 6.92 Å². The van der Waals surface area contributed by atoms with Crippen molar-refractivity contribution in [1.29, 1.82) is 0 Å². The maximum atomic E-state index is 12.0. The Morgan fingerprint density at radius 2 is 2.06 bits per heavy atom. The molecule has 0 aliphatic carbocycles. The summed E-state index contributed by atoms with van der Waals surface area (Å²) in [6.45, 7) is 2.27. The van der Waals surface area contributed by atoms with Gasteiger partial charge in [-0.25, -0.2) is 0 Å². The van der Waals surface area contributed by atoms with E-state index >= 15 is 0 Å². The highest BCUT2D eigenvalue weighted by Crippen LogP contribution is 2.22. The molecule has 0 saturated heterocycles. The van der Waals surface area contributed by atoms with Crippen molar-refractivity contribution in [3.05, 3.63) is 33.8 Å². The second kappa shape index (κ2) is 7.07. The fourth-order valence-corrected chi connectivity index (χ4v) is 1.58. The lowest BCUT2D eigenvalue weighted by Crippen LogP contribution is -2.39. The molecule has 3 nitrogen and oxygen atoms in total. The van der Waals surface area contributed by atoms with Crippen molar-refractivity contribution in [2.24, 2.45) is 5.73 Å². The number of rotatable bonds is 3. The first-order valence-electron chi connectivity index (χ1n) is 4.89. The van der Waals surface area contributed by atoms with Crippen LogP contribution in [0, 0.1) is 0 Å². The van der Waals surface area contributed by atoms with Gasteiger partial charge >= 0.3 is 0 Å². The molecule has 0 spiro atoms. The summed E-state index contributed by atoms with van der Waals surface area (Å²) in [6, 6.07) is 4.78. The molecule has 1 aromatic rings. The van der Waals surface area contributed by atoms with Gasteiger partial charge in [-0.3, -0.25) is 4.79 Å². The Balaban J connectivity index is 0.00000256. The van der Waals surface area contributed by atoms with Gasteiger partial charge in [-0.05, 0) is 25.1 Å². The highest BCUT2D eigenvalue weighted by atomic mass is 35.5. The van der Waals surface area contributed by atoms with E-state index in [4.69, 9.17) is 28.9 Å². The van der Waals surface area contributed by atoms with E-state index in [2.05, 4.69) is 0 Å². The van der Waals surface area contributed by atoms with Gasteiger partial charge in [0, 0.05) is 24.7 Å². The van der Waals surface area contributed by atoms with Gasteiger partial charge in [0.25, 0.3) is 5.91 Å². The second-order valence-electron chi connectivity index (χ2n) is 3.62. The summed E-state index contributed by atoms with van der Waals surface area (Å²) in [7, 11) is 1.69. The molecule has 1 aromatic carbocycles. The number of nitrogens with zero attached hydrogens (tertiary/aromatic N) is 1. The number of hydrogen-bond acceptors (Lipinski definition) is 2. The Morgan fingerprint density at radius 1 is 1.47 bits per heavy atom. The minimum absolute atomic E-state index is 0. The normalized spacial score (nSPS) is 11.6. The minimum Gasteiger partial charge on any atom is -0.338 e. The molecule has 0 aliphatic heterocycles. The number of halogens is 3. The van der Waals surface area contributed by atoms with Crippen LogP contribution in [0.3, 0.4) is 0 Å². The van der Waals surface area contributed by atoms with Crippen LogP contribution in [0.1, 0.15) is 17.3 Å². The molecule has 1 unspecified atom stereocenters. The number of likely N-dealkylation sites (N-methyl/N-ethyl adjacent to an activating group) is 1. The minimum atomic E-state index is -0.176. The predicted octanol–water partition coefficient (Wildman–Crippen LogP) is 2.83. The van der Waals surface area contributed by atoms with Crippen LogP contribution in [0.15, 0.2) is 18.2 Å². The lowest BCUT2D eigenvalue weighted by molar-refractivity contribution is 0.0748. The lowest BCUT2D eigenvalue weighted by Gasteiger charge is -2.24. The molecule has 2 N–H and O–H groups in total. The average Bonchev–Trinajstić information content (AvgIpc) is 2.29. The monoisotopic (exact) mass is 296 g/mol. The van der Waals surface area contributed by atoms with E-state index in [0.717, 1.165) is 0 Å². The van der Waals surface area contributed by atoms with Crippen LogP contribution in [0.25, 0.3) is 0 Å². The first-order chi connectivity index (χ1) is 7.47. The van der Waals surface area contributed by atoms with Gasteiger partial charge in [-0.2, -0.15) is 0 Å². The van der Waals surface area contributed by atoms with Crippen molar-refractivity contribution in [2.45, 2.75) is 13.0 Å². The van der Waals surface area contributed by atoms with E-state index in [-0.39, 0.29) is 24.4 Å². The maximum Gasteiger partial charge on any atom is 0.255 e. The van der Waals surface area contributed by atoms with Crippen molar-refractivity contribution in [3.63, 3.8) is 0 Å². The highest BCUT2D eigenvalue weighted by molar-refractivity contribution is 6.35. The first-order valence-corrected chi connectivity index (χ1v) is 5.65. The average molecular weight is 298 g/mol. The number of hydrogen-bond donors (Lipinski definition) is 1. The Morgan fingerprint density at radius 3 is 2.59 bits per heavy atom. The van der Waals surface area contributed by atoms with E-state index in [1.165, 1.54) is 0 Å². The van der Waals surface area contributed by atoms with E-state index in [0.29, 0.717) is 22.2 Å². The molecule has 0 aliphatic rings. The van der Waals surface area contributed by atoms with Crippen LogP contribution in [-0.4, -0.2) is 30.4 Å². The summed E-state index contributed by atoms with van der Waals surface area (Å²) in [5.74, 6) is -0.176. The van der Waals surface area contributed by atoms with Crippen LogP contribution in [-0.2, 0) is 0 Å². The Hall–Kier alpha value is -0.480. The molecule has 0 fully saturated rings. The lowest BCUT2D eigenvalue weighted by atomic mass is 10.1. The summed E-state index contributed by atoms with van der Waals surface area (Å²) >= 11 is 11.8. The molecule has 0 heterocycles. The van der Waals surface area contributed by atoms with Crippen molar-refractivity contribution in [2.75, 3.05) is 13.6 Å². The first kappa shape index (κ1) is 16.5. The molecule has 0 bridgehead atoms. The predicted molar refractivity (Wildman–Crippen MR) is 74.3 cm³/mol. The van der Waals surface area contributed by atoms with Gasteiger partial charge in [0.1, 0.15) is 0 Å². The third-order valence-electron chi connectivity index (χ3n) is 2.48. The van der Waals surface area contributed by atoms with Gasteiger partial charge in [0.15, 0.2) is 0 Å². The summed E-state index contributed by atoms with van der Waals surface area (Å²) in [6.07, 6.45) is 0. The van der Waals surface area contributed by atoms with Crippen molar-refractivity contribution >= 4 is 41.5 Å². The second-order valence-corrected chi connectivity index (χ2v) is 4.47. The number of carbonyl (C=O) groups is 1. The topological polar surface area (TPSA) is 46.3 Å². The van der Waals surface area contributed by atoms with Gasteiger partial charge in [0.05, 0.1) is 10.6 Å². The maximum absolute atomic E-state index is 12.0. The fourth-order valence-electron chi connectivity index (χ4n) is 1.21. The third-order valence-corrected chi connectivity index (χ3v) is 3.05. The largest absolute Gasteiger partial charge is 0.338 e. The number of benzene rings is 1. The molecule has 17 heavy (non-hydrogen) atoms. The van der Waals surface area contributed by atoms with Gasteiger partial charge in [-0.1, -0.05) is 23.2 Å². The number of amides is 1. The van der Waals surface area contributed by atoms with E-state index < -0.39 is 0 Å². The fraction of sp³-hybridized carbons (Fsp3) is 0.364. The van der Waals surface area contributed by atoms with Crippen LogP contribution in [0.4, 0.5) is 0 Å². The van der Waals surface area contributed by atoms with Gasteiger partial charge < -0.3 is 10.6 Å². The zero-order chi connectivity index (χ0) is 12.3. The quantitative estimate of drug-likeness (QED) is 0.932. The van der Waals surface area contributed by atoms with Crippen molar-refractivity contribution in [3.8, 4) is 0 Å². The van der Waals surface area contributed by atoms with Gasteiger partial charge in [-0.15, -0.1) is 12.4 Å². The summed E-state index contributed by atoms with van der Waals surface area (Å²) in [5, 5.41) is 0.882. The van der Waals surface area contributed by atoms with Crippen LogP contribution in [0.5, 0.6) is 0 Å². The van der Waals surface area contributed by atoms with E-state index in [9.17, 15) is 4.79 Å². The highest BCUT2D eigenvalue weighted by Gasteiger charge is 2.18. The summed E-state index contributed by atoms with van der Waals surface area (Å²) in [5.41, 5.74) is 5.90.